The molecule has 0 fully saturated rings. The molecule has 0 spiro atoms. The average Bonchev–Trinajstić information content (AvgIpc) is 2.74. The van der Waals surface area contributed by atoms with Gasteiger partial charge in [0.2, 0.25) is 0 Å². The van der Waals surface area contributed by atoms with Crippen LogP contribution in [0, 0.1) is 0 Å². The van der Waals surface area contributed by atoms with Crippen molar-refractivity contribution in [2.24, 2.45) is 0 Å². The molecule has 0 aliphatic heterocycles. The van der Waals surface area contributed by atoms with Crippen LogP contribution < -0.4 is 14.8 Å². The molecule has 3 aromatic rings. The van der Waals surface area contributed by atoms with Crippen molar-refractivity contribution in [1.29, 1.82) is 0 Å². The van der Waals surface area contributed by atoms with Gasteiger partial charge >= 0.3 is 0 Å². The molecule has 152 valence electrons. The van der Waals surface area contributed by atoms with Crippen LogP contribution in [0.15, 0.2) is 66.7 Å². The van der Waals surface area contributed by atoms with E-state index in [0.29, 0.717) is 34.6 Å². The van der Waals surface area contributed by atoms with E-state index in [1.807, 2.05) is 54.6 Å². The fourth-order valence-corrected chi connectivity index (χ4v) is 3.41. The lowest BCUT2D eigenvalue weighted by Crippen LogP contribution is -2.21. The number of benzene rings is 3. The molecule has 0 radical (unpaired) electrons. The Hall–Kier alpha value is -2.24. The zero-order chi connectivity index (χ0) is 20.6. The molecule has 0 bridgehead atoms. The minimum atomic E-state index is -0.584. The summed E-state index contributed by atoms with van der Waals surface area (Å²) in [4.78, 5) is 0. The number of methoxy groups -OCH3 is 1. The molecule has 0 heterocycles. The summed E-state index contributed by atoms with van der Waals surface area (Å²) in [5.74, 6) is 1.28. The van der Waals surface area contributed by atoms with Crippen molar-refractivity contribution in [3.05, 3.63) is 93.5 Å². The SMILES string of the molecule is COc1cccc(CNC[C@H](O)c2ccccc2)c1OCc1ccc(Cl)cc1Cl. The second-order valence-electron chi connectivity index (χ2n) is 6.53. The third-order valence-electron chi connectivity index (χ3n) is 4.50. The minimum absolute atomic E-state index is 0.288. The molecule has 2 N–H and O–H groups in total. The molecule has 1 atom stereocenters. The molecule has 0 amide bonds. The first-order chi connectivity index (χ1) is 14.1. The van der Waals surface area contributed by atoms with E-state index < -0.39 is 6.10 Å². The highest BCUT2D eigenvalue weighted by Crippen LogP contribution is 2.33. The molecule has 0 saturated carbocycles. The highest BCUT2D eigenvalue weighted by molar-refractivity contribution is 6.35. The third-order valence-corrected chi connectivity index (χ3v) is 5.09. The van der Waals surface area contributed by atoms with Gasteiger partial charge in [-0.3, -0.25) is 0 Å². The van der Waals surface area contributed by atoms with E-state index in [1.165, 1.54) is 0 Å². The maximum Gasteiger partial charge on any atom is 0.166 e. The van der Waals surface area contributed by atoms with E-state index in [0.717, 1.165) is 16.7 Å². The molecule has 0 saturated heterocycles. The number of ether oxygens (including phenoxy) is 2. The number of hydrogen-bond donors (Lipinski definition) is 2. The van der Waals surface area contributed by atoms with Crippen LogP contribution in [0.2, 0.25) is 10.0 Å². The zero-order valence-corrected chi connectivity index (χ0v) is 17.6. The summed E-state index contributed by atoms with van der Waals surface area (Å²) < 4.78 is 11.5. The van der Waals surface area contributed by atoms with E-state index in [4.69, 9.17) is 32.7 Å². The highest BCUT2D eigenvalue weighted by atomic mass is 35.5. The van der Waals surface area contributed by atoms with E-state index in [1.54, 1.807) is 19.2 Å². The van der Waals surface area contributed by atoms with Crippen molar-refractivity contribution in [3.63, 3.8) is 0 Å². The summed E-state index contributed by atoms with van der Waals surface area (Å²) in [6.07, 6.45) is -0.584. The predicted molar refractivity (Wildman–Crippen MR) is 117 cm³/mol. The molecular weight excluding hydrogens is 409 g/mol. The van der Waals surface area contributed by atoms with E-state index >= 15 is 0 Å². The number of halogens is 2. The normalized spacial score (nSPS) is 11.9. The largest absolute Gasteiger partial charge is 0.493 e. The first-order valence-corrected chi connectivity index (χ1v) is 10.0. The van der Waals surface area contributed by atoms with Crippen LogP contribution in [0.3, 0.4) is 0 Å². The summed E-state index contributed by atoms with van der Waals surface area (Å²) in [6, 6.07) is 20.6. The van der Waals surface area contributed by atoms with Gasteiger partial charge in [-0.1, -0.05) is 71.7 Å². The van der Waals surface area contributed by atoms with E-state index in [-0.39, 0.29) is 6.61 Å². The summed E-state index contributed by atoms with van der Waals surface area (Å²) in [5.41, 5.74) is 2.63. The molecule has 6 heteroatoms. The third kappa shape index (κ3) is 5.87. The van der Waals surface area contributed by atoms with Gasteiger partial charge in [0.1, 0.15) is 6.61 Å². The topological polar surface area (TPSA) is 50.7 Å². The Bertz CT molecular complexity index is 935. The second kappa shape index (κ2) is 10.5. The van der Waals surface area contributed by atoms with E-state index in [9.17, 15) is 5.11 Å². The van der Waals surface area contributed by atoms with Crippen LogP contribution in [-0.2, 0) is 13.2 Å². The van der Waals surface area contributed by atoms with Gasteiger partial charge < -0.3 is 19.9 Å². The van der Waals surface area contributed by atoms with Gasteiger partial charge in [0, 0.05) is 34.3 Å². The Morgan fingerprint density at radius 2 is 1.76 bits per heavy atom. The maximum atomic E-state index is 10.3. The number of nitrogens with one attached hydrogen (secondary N) is 1. The number of rotatable bonds is 9. The predicted octanol–water partition coefficient (Wildman–Crippen LogP) is 5.40. The van der Waals surface area contributed by atoms with E-state index in [2.05, 4.69) is 5.32 Å². The Labute approximate surface area is 181 Å². The van der Waals surface area contributed by atoms with Gasteiger partial charge in [0.15, 0.2) is 11.5 Å². The second-order valence-corrected chi connectivity index (χ2v) is 7.37. The standard InChI is InChI=1S/C23H23Cl2NO3/c1-28-22-9-5-8-17(13-26-14-21(27)16-6-3-2-4-7-16)23(22)29-15-18-10-11-19(24)12-20(18)25/h2-12,21,26-27H,13-15H2,1H3/t21-/m0/s1. The average molecular weight is 432 g/mol. The molecular formula is C23H23Cl2NO3. The van der Waals surface area contributed by atoms with Crippen LogP contribution in [0.4, 0.5) is 0 Å². The Morgan fingerprint density at radius 3 is 2.48 bits per heavy atom. The molecule has 0 unspecified atom stereocenters. The highest BCUT2D eigenvalue weighted by Gasteiger charge is 2.13. The Morgan fingerprint density at radius 1 is 0.966 bits per heavy atom. The van der Waals surface area contributed by atoms with Crippen molar-refractivity contribution in [1.82, 2.24) is 5.32 Å². The summed E-state index contributed by atoms with van der Waals surface area (Å²) in [5, 5.41) is 14.7. The lowest BCUT2D eigenvalue weighted by Gasteiger charge is -2.17. The monoisotopic (exact) mass is 431 g/mol. The first kappa shape index (κ1) is 21.5. The Balaban J connectivity index is 1.67. The summed E-state index contributed by atoms with van der Waals surface area (Å²) in [7, 11) is 1.60. The fourth-order valence-electron chi connectivity index (χ4n) is 2.95. The van der Waals surface area contributed by atoms with Crippen molar-refractivity contribution in [3.8, 4) is 11.5 Å². The van der Waals surface area contributed by atoms with Gasteiger partial charge in [0.25, 0.3) is 0 Å². The van der Waals surface area contributed by atoms with Crippen LogP contribution in [0.5, 0.6) is 11.5 Å². The Kier molecular flexibility index (Phi) is 7.78. The van der Waals surface area contributed by atoms with Crippen LogP contribution in [0.25, 0.3) is 0 Å². The van der Waals surface area contributed by atoms with Gasteiger partial charge in [-0.25, -0.2) is 0 Å². The molecule has 3 aromatic carbocycles. The van der Waals surface area contributed by atoms with Crippen molar-refractivity contribution in [2.75, 3.05) is 13.7 Å². The molecule has 4 nitrogen and oxygen atoms in total. The van der Waals surface area contributed by atoms with Gasteiger partial charge in [-0.05, 0) is 23.8 Å². The fraction of sp³-hybridized carbons (Fsp3) is 0.217. The van der Waals surface area contributed by atoms with Gasteiger partial charge in [-0.15, -0.1) is 0 Å². The van der Waals surface area contributed by atoms with Crippen LogP contribution in [0.1, 0.15) is 22.8 Å². The maximum absolute atomic E-state index is 10.3. The molecule has 0 aromatic heterocycles. The molecule has 0 aliphatic carbocycles. The zero-order valence-electron chi connectivity index (χ0n) is 16.1. The smallest absolute Gasteiger partial charge is 0.166 e. The lowest BCUT2D eigenvalue weighted by atomic mass is 10.1. The molecule has 29 heavy (non-hydrogen) atoms. The first-order valence-electron chi connectivity index (χ1n) is 9.25. The summed E-state index contributed by atoms with van der Waals surface area (Å²) >= 11 is 12.2. The number of para-hydroxylation sites is 1. The number of aliphatic hydroxyl groups excluding tert-OH is 1. The minimum Gasteiger partial charge on any atom is -0.493 e. The lowest BCUT2D eigenvalue weighted by molar-refractivity contribution is 0.174. The van der Waals surface area contributed by atoms with Gasteiger partial charge in [0.05, 0.1) is 13.2 Å². The number of aliphatic hydroxyl groups is 1. The van der Waals surface area contributed by atoms with Crippen LogP contribution >= 0.6 is 23.2 Å². The quantitative estimate of drug-likeness (QED) is 0.475. The summed E-state index contributed by atoms with van der Waals surface area (Å²) in [6.45, 7) is 1.23. The molecule has 3 rings (SSSR count). The van der Waals surface area contributed by atoms with Gasteiger partial charge in [-0.2, -0.15) is 0 Å². The van der Waals surface area contributed by atoms with Crippen molar-refractivity contribution in [2.45, 2.75) is 19.3 Å². The number of hydrogen-bond acceptors (Lipinski definition) is 4. The molecule has 0 aliphatic rings. The van der Waals surface area contributed by atoms with Crippen molar-refractivity contribution >= 4 is 23.2 Å². The van der Waals surface area contributed by atoms with Crippen LogP contribution in [-0.4, -0.2) is 18.8 Å². The van der Waals surface area contributed by atoms with Crippen molar-refractivity contribution < 1.29 is 14.6 Å².